The van der Waals surface area contributed by atoms with E-state index in [9.17, 15) is 35.1 Å². The predicted molar refractivity (Wildman–Crippen MR) is 306 cm³/mol. The fourth-order valence-electron chi connectivity index (χ4n) is 9.15. The number of unbranched alkanes of at least 4 members (excludes halogenated alkanes) is 30. The number of hydrogen-bond acceptors (Lipinski definition) is 10. The molecule has 1 fully saturated rings. The van der Waals surface area contributed by atoms with Gasteiger partial charge in [-0.05, 0) is 103 Å². The van der Waals surface area contributed by atoms with Crippen molar-refractivity contribution in [3.05, 3.63) is 60.8 Å². The van der Waals surface area contributed by atoms with Crippen molar-refractivity contribution in [1.29, 1.82) is 0 Å². The van der Waals surface area contributed by atoms with E-state index in [0.29, 0.717) is 19.4 Å². The van der Waals surface area contributed by atoms with Crippen LogP contribution < -0.4 is 5.32 Å². The average Bonchev–Trinajstić information content (AvgIpc) is 3.40. The molecule has 0 bridgehead atoms. The zero-order chi connectivity index (χ0) is 53.8. The van der Waals surface area contributed by atoms with Crippen LogP contribution in [0.1, 0.15) is 264 Å². The minimum absolute atomic E-state index is 0.0204. The standard InChI is InChI=1S/C63H113NO10/c1-3-5-7-9-11-13-15-16-23-26-30-33-37-41-45-49-56(66)55(54-73-63-62(71)61(70)60(69)57(53-65)74-63)64-58(67)50-46-42-38-34-31-27-24-21-19-17-18-20-22-25-28-32-36-40-44-48-52-72-59(68)51-47-43-39-35-29-14-12-10-8-6-4-2/h10,12,15-17,19,30,33,45,49,55-57,60-63,65-66,69-71H,3-9,11,13-14,18,20-29,31-32,34-44,46-48,50-54H2,1-2H3,(H,64,67)/b12-10-,16-15+,19-17-,33-30+,49-45+. The van der Waals surface area contributed by atoms with E-state index in [2.05, 4.69) is 67.8 Å². The highest BCUT2D eigenvalue weighted by Crippen LogP contribution is 2.23. The van der Waals surface area contributed by atoms with Crippen LogP contribution in [0.5, 0.6) is 0 Å². The molecule has 0 spiro atoms. The summed E-state index contributed by atoms with van der Waals surface area (Å²) >= 11 is 0. The van der Waals surface area contributed by atoms with Gasteiger partial charge in [0.1, 0.15) is 24.4 Å². The summed E-state index contributed by atoms with van der Waals surface area (Å²) in [6, 6.07) is -0.843. The molecule has 1 aliphatic heterocycles. The minimum atomic E-state index is -1.58. The number of hydrogen-bond donors (Lipinski definition) is 6. The average molecular weight is 1040 g/mol. The summed E-state index contributed by atoms with van der Waals surface area (Å²) in [4.78, 5) is 25.1. The number of aliphatic hydroxyl groups excluding tert-OH is 5. The van der Waals surface area contributed by atoms with Gasteiger partial charge in [-0.1, -0.05) is 209 Å². The highest BCUT2D eigenvalue weighted by molar-refractivity contribution is 5.76. The van der Waals surface area contributed by atoms with E-state index in [-0.39, 0.29) is 18.5 Å². The largest absolute Gasteiger partial charge is 0.466 e. The van der Waals surface area contributed by atoms with Crippen molar-refractivity contribution in [2.75, 3.05) is 19.8 Å². The number of ether oxygens (including phenoxy) is 3. The van der Waals surface area contributed by atoms with Crippen molar-refractivity contribution >= 4 is 11.9 Å². The molecular weight excluding hydrogens is 931 g/mol. The maximum absolute atomic E-state index is 13.0. The van der Waals surface area contributed by atoms with E-state index in [0.717, 1.165) is 89.9 Å². The van der Waals surface area contributed by atoms with Crippen LogP contribution in [0.25, 0.3) is 0 Å². The fraction of sp³-hybridized carbons (Fsp3) is 0.810. The van der Waals surface area contributed by atoms with Crippen molar-refractivity contribution in [2.24, 2.45) is 0 Å². The summed E-state index contributed by atoms with van der Waals surface area (Å²) in [6.07, 6.45) is 57.3. The zero-order valence-electron chi connectivity index (χ0n) is 47.3. The molecule has 0 aliphatic carbocycles. The van der Waals surface area contributed by atoms with Gasteiger partial charge in [0.25, 0.3) is 0 Å². The molecule has 0 aromatic heterocycles. The molecule has 1 amide bonds. The van der Waals surface area contributed by atoms with Crippen LogP contribution in [0, 0.1) is 0 Å². The molecule has 11 heteroatoms. The van der Waals surface area contributed by atoms with Gasteiger partial charge >= 0.3 is 5.97 Å². The molecule has 6 N–H and O–H groups in total. The lowest BCUT2D eigenvalue weighted by Crippen LogP contribution is -2.60. The minimum Gasteiger partial charge on any atom is -0.466 e. The molecule has 74 heavy (non-hydrogen) atoms. The maximum Gasteiger partial charge on any atom is 0.305 e. The number of allylic oxidation sites excluding steroid dienone is 9. The van der Waals surface area contributed by atoms with Gasteiger partial charge in [-0.2, -0.15) is 0 Å². The van der Waals surface area contributed by atoms with Gasteiger partial charge in [-0.15, -0.1) is 0 Å². The van der Waals surface area contributed by atoms with Crippen molar-refractivity contribution in [1.82, 2.24) is 5.32 Å². The van der Waals surface area contributed by atoms with E-state index >= 15 is 0 Å². The molecule has 1 heterocycles. The Balaban J connectivity index is 2.13. The van der Waals surface area contributed by atoms with Crippen molar-refractivity contribution < 1.29 is 49.3 Å². The Hall–Kier alpha value is -2.64. The van der Waals surface area contributed by atoms with Gasteiger partial charge in [0.2, 0.25) is 5.91 Å². The first-order valence-corrected chi connectivity index (χ1v) is 30.6. The van der Waals surface area contributed by atoms with Gasteiger partial charge in [0, 0.05) is 12.8 Å². The molecule has 11 nitrogen and oxygen atoms in total. The number of aliphatic hydroxyl groups is 5. The van der Waals surface area contributed by atoms with Crippen LogP contribution in [-0.4, -0.2) is 100 Å². The van der Waals surface area contributed by atoms with Crippen LogP contribution in [0.4, 0.5) is 0 Å². The molecule has 430 valence electrons. The third kappa shape index (κ3) is 41.5. The zero-order valence-corrected chi connectivity index (χ0v) is 47.3. The van der Waals surface area contributed by atoms with E-state index in [1.165, 1.54) is 148 Å². The molecule has 7 atom stereocenters. The summed E-state index contributed by atoms with van der Waals surface area (Å²) in [5.74, 6) is -0.226. The van der Waals surface area contributed by atoms with Crippen molar-refractivity contribution in [3.63, 3.8) is 0 Å². The van der Waals surface area contributed by atoms with Crippen LogP contribution in [-0.2, 0) is 23.8 Å². The Morgan fingerprint density at radius 3 is 1.38 bits per heavy atom. The molecule has 1 rings (SSSR count). The first-order valence-electron chi connectivity index (χ1n) is 30.6. The summed E-state index contributed by atoms with van der Waals surface area (Å²) in [6.45, 7) is 4.25. The Kier molecular flexibility index (Phi) is 49.1. The molecule has 1 saturated heterocycles. The third-order valence-electron chi connectivity index (χ3n) is 14.1. The second kappa shape index (κ2) is 52.4. The third-order valence-corrected chi connectivity index (χ3v) is 14.1. The monoisotopic (exact) mass is 1040 g/mol. The first kappa shape index (κ1) is 69.4. The van der Waals surface area contributed by atoms with E-state index in [4.69, 9.17) is 14.2 Å². The van der Waals surface area contributed by atoms with Gasteiger partial charge in [0.15, 0.2) is 6.29 Å². The molecule has 0 aromatic carbocycles. The number of carbonyl (C=O) groups is 2. The smallest absolute Gasteiger partial charge is 0.305 e. The fourth-order valence-corrected chi connectivity index (χ4v) is 9.15. The Morgan fingerprint density at radius 1 is 0.486 bits per heavy atom. The highest BCUT2D eigenvalue weighted by Gasteiger charge is 2.44. The Bertz CT molecular complexity index is 1410. The number of rotatable bonds is 52. The van der Waals surface area contributed by atoms with Crippen LogP contribution in [0.2, 0.25) is 0 Å². The summed E-state index contributed by atoms with van der Waals surface area (Å²) in [5.41, 5.74) is 0. The lowest BCUT2D eigenvalue weighted by atomic mass is 9.99. The number of esters is 1. The maximum atomic E-state index is 13.0. The molecule has 7 unspecified atom stereocenters. The second-order valence-corrected chi connectivity index (χ2v) is 21.0. The lowest BCUT2D eigenvalue weighted by Gasteiger charge is -2.40. The number of nitrogens with one attached hydrogen (secondary N) is 1. The molecule has 1 aliphatic rings. The molecular formula is C63H113NO10. The number of carbonyl (C=O) groups excluding carboxylic acids is 2. The quantitative estimate of drug-likeness (QED) is 0.0195. The Morgan fingerprint density at radius 2 is 0.892 bits per heavy atom. The second-order valence-electron chi connectivity index (χ2n) is 21.0. The van der Waals surface area contributed by atoms with Crippen LogP contribution in [0.15, 0.2) is 60.8 Å². The van der Waals surface area contributed by atoms with Gasteiger partial charge in [-0.25, -0.2) is 0 Å². The Labute approximate surface area is 452 Å². The predicted octanol–water partition coefficient (Wildman–Crippen LogP) is 14.2. The van der Waals surface area contributed by atoms with Gasteiger partial charge in [0.05, 0.1) is 32.0 Å². The summed E-state index contributed by atoms with van der Waals surface area (Å²) in [5, 5.41) is 54.4. The van der Waals surface area contributed by atoms with E-state index < -0.39 is 49.5 Å². The van der Waals surface area contributed by atoms with Gasteiger partial charge < -0.3 is 45.1 Å². The van der Waals surface area contributed by atoms with Crippen molar-refractivity contribution in [2.45, 2.75) is 307 Å². The highest BCUT2D eigenvalue weighted by atomic mass is 16.7. The lowest BCUT2D eigenvalue weighted by molar-refractivity contribution is -0.302. The SMILES string of the molecule is CCCC/C=C\CCCCCCCC(=O)OCCCCCCCCCCC/C=C\CCCCCCCCCC(=O)NC(COC1OC(CO)C(O)C(O)C1O)C(O)/C=C/CC/C=C/CC/C=C/CCCCCCC. The van der Waals surface area contributed by atoms with Gasteiger partial charge in [-0.3, -0.25) is 9.59 Å². The number of amides is 1. The molecule has 0 radical (unpaired) electrons. The first-order chi connectivity index (χ1) is 36.2. The summed E-state index contributed by atoms with van der Waals surface area (Å²) in [7, 11) is 0. The molecule has 0 aromatic rings. The molecule has 0 saturated carbocycles. The van der Waals surface area contributed by atoms with Crippen LogP contribution >= 0.6 is 0 Å². The van der Waals surface area contributed by atoms with Crippen molar-refractivity contribution in [3.8, 4) is 0 Å². The summed E-state index contributed by atoms with van der Waals surface area (Å²) < 4.78 is 16.7. The topological polar surface area (TPSA) is 175 Å². The van der Waals surface area contributed by atoms with Crippen LogP contribution in [0.3, 0.4) is 0 Å². The van der Waals surface area contributed by atoms with E-state index in [1.54, 1.807) is 6.08 Å². The van der Waals surface area contributed by atoms with E-state index in [1.807, 2.05) is 6.08 Å². The normalized spacial score (nSPS) is 19.3.